The molecular formula is C12H19NO4S2. The fraction of sp³-hybridized carbons (Fsp3) is 0.667. The summed E-state index contributed by atoms with van der Waals surface area (Å²) in [6, 6.07) is 0. The molecule has 1 unspecified atom stereocenters. The van der Waals surface area contributed by atoms with E-state index in [-0.39, 0.29) is 16.8 Å². The maximum atomic E-state index is 12.7. The minimum absolute atomic E-state index is 0.145. The molecule has 2 heterocycles. The number of aryl methyl sites for hydroxylation is 2. The average Bonchev–Trinajstić information content (AvgIpc) is 2.64. The fourth-order valence-electron chi connectivity index (χ4n) is 2.36. The summed E-state index contributed by atoms with van der Waals surface area (Å²) in [5, 5.41) is 9.67. The monoisotopic (exact) mass is 305 g/mol. The molecule has 0 spiro atoms. The van der Waals surface area contributed by atoms with E-state index >= 15 is 0 Å². The van der Waals surface area contributed by atoms with E-state index < -0.39 is 10.0 Å². The zero-order chi connectivity index (χ0) is 14.2. The molecule has 5 nitrogen and oxygen atoms in total. The van der Waals surface area contributed by atoms with Gasteiger partial charge in [-0.1, -0.05) is 6.92 Å². The second-order valence-corrected chi connectivity index (χ2v) is 8.15. The molecule has 0 amide bonds. The number of nitrogens with zero attached hydrogens (tertiary/aromatic N) is 1. The van der Waals surface area contributed by atoms with Crippen molar-refractivity contribution in [1.29, 1.82) is 0 Å². The molecular weight excluding hydrogens is 286 g/mol. The summed E-state index contributed by atoms with van der Waals surface area (Å²) in [4.78, 5) is 0.145. The van der Waals surface area contributed by atoms with Gasteiger partial charge in [0.15, 0.2) is 0 Å². The molecule has 108 valence electrons. The SMILES string of the molecule is Cc1oc(C)c(S(=O)(=O)N2CCSC(C)C2)c1CO. The highest BCUT2D eigenvalue weighted by molar-refractivity contribution is 8.00. The van der Waals surface area contributed by atoms with Crippen LogP contribution in [-0.2, 0) is 16.6 Å². The minimum atomic E-state index is -3.58. The maximum Gasteiger partial charge on any atom is 0.246 e. The second kappa shape index (κ2) is 5.47. The van der Waals surface area contributed by atoms with Gasteiger partial charge in [0.05, 0.1) is 6.61 Å². The van der Waals surface area contributed by atoms with Crippen LogP contribution in [0.5, 0.6) is 0 Å². The van der Waals surface area contributed by atoms with Crippen molar-refractivity contribution in [2.24, 2.45) is 0 Å². The molecule has 1 aliphatic rings. The Bertz CT molecular complexity index is 565. The van der Waals surface area contributed by atoms with Gasteiger partial charge in [-0.2, -0.15) is 16.1 Å². The number of furan rings is 1. The number of aliphatic hydroxyl groups excluding tert-OH is 1. The lowest BCUT2D eigenvalue weighted by Gasteiger charge is -2.29. The quantitative estimate of drug-likeness (QED) is 0.916. The predicted octanol–water partition coefficient (Wildman–Crippen LogP) is 1.51. The van der Waals surface area contributed by atoms with E-state index in [0.29, 0.717) is 30.2 Å². The number of hydrogen-bond donors (Lipinski definition) is 1. The van der Waals surface area contributed by atoms with Crippen molar-refractivity contribution in [2.75, 3.05) is 18.8 Å². The molecule has 2 rings (SSSR count). The van der Waals surface area contributed by atoms with Crippen LogP contribution >= 0.6 is 11.8 Å². The summed E-state index contributed by atoms with van der Waals surface area (Å²) in [5.74, 6) is 1.62. The van der Waals surface area contributed by atoms with E-state index in [9.17, 15) is 13.5 Å². The maximum absolute atomic E-state index is 12.7. The molecule has 0 radical (unpaired) electrons. The molecule has 0 aromatic carbocycles. The Morgan fingerprint density at radius 1 is 1.42 bits per heavy atom. The van der Waals surface area contributed by atoms with Crippen molar-refractivity contribution in [3.63, 3.8) is 0 Å². The van der Waals surface area contributed by atoms with E-state index in [0.717, 1.165) is 5.75 Å². The molecule has 0 aliphatic carbocycles. The van der Waals surface area contributed by atoms with Gasteiger partial charge < -0.3 is 9.52 Å². The van der Waals surface area contributed by atoms with Gasteiger partial charge in [-0.05, 0) is 13.8 Å². The Labute approximate surface area is 118 Å². The first-order valence-corrected chi connectivity index (χ1v) is 8.68. The summed E-state index contributed by atoms with van der Waals surface area (Å²) in [7, 11) is -3.58. The molecule has 0 bridgehead atoms. The summed E-state index contributed by atoms with van der Waals surface area (Å²) in [6.07, 6.45) is 0. The number of hydrogen-bond acceptors (Lipinski definition) is 5. The van der Waals surface area contributed by atoms with Gasteiger partial charge in [0.25, 0.3) is 0 Å². The minimum Gasteiger partial charge on any atom is -0.465 e. The number of rotatable bonds is 3. The Morgan fingerprint density at radius 3 is 2.68 bits per heavy atom. The van der Waals surface area contributed by atoms with E-state index in [1.807, 2.05) is 6.92 Å². The van der Waals surface area contributed by atoms with Crippen molar-refractivity contribution in [3.05, 3.63) is 17.1 Å². The van der Waals surface area contributed by atoms with Crippen LogP contribution in [0.25, 0.3) is 0 Å². The highest BCUT2D eigenvalue weighted by atomic mass is 32.2. The lowest BCUT2D eigenvalue weighted by atomic mass is 10.2. The Kier molecular flexibility index (Phi) is 4.29. The van der Waals surface area contributed by atoms with Crippen LogP contribution in [0.1, 0.15) is 24.0 Å². The van der Waals surface area contributed by atoms with Crippen LogP contribution in [-0.4, -0.2) is 41.9 Å². The Hall–Kier alpha value is -0.500. The molecule has 1 aromatic rings. The van der Waals surface area contributed by atoms with Crippen molar-refractivity contribution in [2.45, 2.75) is 37.5 Å². The summed E-state index contributed by atoms with van der Waals surface area (Å²) >= 11 is 1.77. The third kappa shape index (κ3) is 2.69. The lowest BCUT2D eigenvalue weighted by Crippen LogP contribution is -2.41. The molecule has 19 heavy (non-hydrogen) atoms. The van der Waals surface area contributed by atoms with Crippen LogP contribution in [0.3, 0.4) is 0 Å². The van der Waals surface area contributed by atoms with Gasteiger partial charge in [0.1, 0.15) is 16.4 Å². The van der Waals surface area contributed by atoms with Gasteiger partial charge in [-0.25, -0.2) is 8.42 Å². The molecule has 1 N–H and O–H groups in total. The first-order valence-electron chi connectivity index (χ1n) is 6.19. The topological polar surface area (TPSA) is 70.8 Å². The van der Waals surface area contributed by atoms with Crippen LogP contribution in [0.15, 0.2) is 9.31 Å². The molecule has 1 atom stereocenters. The van der Waals surface area contributed by atoms with Crippen molar-refractivity contribution >= 4 is 21.8 Å². The van der Waals surface area contributed by atoms with Gasteiger partial charge in [-0.3, -0.25) is 0 Å². The van der Waals surface area contributed by atoms with Crippen molar-refractivity contribution in [3.8, 4) is 0 Å². The standard InChI is InChI=1S/C12H19NO4S2/c1-8-6-13(4-5-18-8)19(15,16)12-10(3)17-9(2)11(12)7-14/h8,14H,4-7H2,1-3H3. The van der Waals surface area contributed by atoms with Gasteiger partial charge in [0, 0.05) is 29.7 Å². The fourth-order valence-corrected chi connectivity index (χ4v) is 5.52. The van der Waals surface area contributed by atoms with E-state index in [4.69, 9.17) is 4.42 Å². The van der Waals surface area contributed by atoms with Gasteiger partial charge >= 0.3 is 0 Å². The van der Waals surface area contributed by atoms with Crippen molar-refractivity contribution < 1.29 is 17.9 Å². The molecule has 1 aliphatic heterocycles. The normalized spacial score (nSPS) is 21.8. The summed E-state index contributed by atoms with van der Waals surface area (Å²) in [5.41, 5.74) is 0.378. The third-order valence-corrected chi connectivity index (χ3v) is 6.48. The molecule has 7 heteroatoms. The van der Waals surface area contributed by atoms with Gasteiger partial charge in [0.2, 0.25) is 10.0 Å². The van der Waals surface area contributed by atoms with Crippen molar-refractivity contribution in [1.82, 2.24) is 4.31 Å². The van der Waals surface area contributed by atoms with E-state index in [1.165, 1.54) is 4.31 Å². The van der Waals surface area contributed by atoms with E-state index in [1.54, 1.807) is 25.6 Å². The zero-order valence-corrected chi connectivity index (χ0v) is 13.0. The highest BCUT2D eigenvalue weighted by Gasteiger charge is 2.34. The molecule has 1 saturated heterocycles. The lowest BCUT2D eigenvalue weighted by molar-refractivity contribution is 0.276. The summed E-state index contributed by atoms with van der Waals surface area (Å²) in [6.45, 7) is 6.00. The van der Waals surface area contributed by atoms with Crippen LogP contribution < -0.4 is 0 Å². The van der Waals surface area contributed by atoms with E-state index in [2.05, 4.69) is 0 Å². The Balaban J connectivity index is 2.44. The smallest absolute Gasteiger partial charge is 0.246 e. The number of thioether (sulfide) groups is 1. The van der Waals surface area contributed by atoms with Crippen LogP contribution in [0.2, 0.25) is 0 Å². The van der Waals surface area contributed by atoms with Crippen LogP contribution in [0.4, 0.5) is 0 Å². The second-order valence-electron chi connectivity index (χ2n) is 4.72. The third-order valence-electron chi connectivity index (χ3n) is 3.28. The first-order chi connectivity index (χ1) is 8.87. The predicted molar refractivity (Wildman–Crippen MR) is 74.8 cm³/mol. The molecule has 1 aromatic heterocycles. The average molecular weight is 305 g/mol. The molecule has 1 fully saturated rings. The van der Waals surface area contributed by atoms with Gasteiger partial charge in [-0.15, -0.1) is 0 Å². The zero-order valence-electron chi connectivity index (χ0n) is 11.3. The number of aliphatic hydroxyl groups is 1. The Morgan fingerprint density at radius 2 is 2.11 bits per heavy atom. The molecule has 0 saturated carbocycles. The summed E-state index contributed by atoms with van der Waals surface area (Å²) < 4.78 is 32.2. The highest BCUT2D eigenvalue weighted by Crippen LogP contribution is 2.31. The van der Waals surface area contributed by atoms with Crippen LogP contribution in [0, 0.1) is 13.8 Å². The number of sulfonamides is 1. The first kappa shape index (κ1) is 14.9. The largest absolute Gasteiger partial charge is 0.465 e.